The molecule has 0 saturated carbocycles. The van der Waals surface area contributed by atoms with E-state index in [-0.39, 0.29) is 5.54 Å². The van der Waals surface area contributed by atoms with Crippen LogP contribution in [0.3, 0.4) is 0 Å². The molecule has 2 aromatic rings. The molecule has 0 spiro atoms. The van der Waals surface area contributed by atoms with Gasteiger partial charge in [-0.15, -0.1) is 0 Å². The average Bonchev–Trinajstić information content (AvgIpc) is 2.39. The van der Waals surface area contributed by atoms with E-state index in [2.05, 4.69) is 24.0 Å². The lowest BCUT2D eigenvalue weighted by Crippen LogP contribution is -2.33. The van der Waals surface area contributed by atoms with E-state index in [1.165, 1.54) is 5.56 Å². The first-order valence-electron chi connectivity index (χ1n) is 5.93. The summed E-state index contributed by atoms with van der Waals surface area (Å²) >= 11 is 0. The summed E-state index contributed by atoms with van der Waals surface area (Å²) in [5.41, 5.74) is 8.34. The fourth-order valence-corrected chi connectivity index (χ4v) is 1.90. The SMILES string of the molecule is CC(N)(CCc1ccccn1)c1ccccc1. The van der Waals surface area contributed by atoms with Gasteiger partial charge in [0.05, 0.1) is 0 Å². The summed E-state index contributed by atoms with van der Waals surface area (Å²) in [5.74, 6) is 0. The summed E-state index contributed by atoms with van der Waals surface area (Å²) in [4.78, 5) is 4.32. The van der Waals surface area contributed by atoms with E-state index in [1.54, 1.807) is 0 Å². The van der Waals surface area contributed by atoms with Gasteiger partial charge < -0.3 is 5.73 Å². The molecule has 2 rings (SSSR count). The summed E-state index contributed by atoms with van der Waals surface area (Å²) in [6.45, 7) is 2.07. The number of aryl methyl sites for hydroxylation is 1. The van der Waals surface area contributed by atoms with E-state index in [1.807, 2.05) is 42.6 Å². The number of aromatic nitrogens is 1. The number of benzene rings is 1. The lowest BCUT2D eigenvalue weighted by atomic mass is 9.88. The zero-order chi connectivity index (χ0) is 12.1. The van der Waals surface area contributed by atoms with Crippen molar-refractivity contribution in [3.63, 3.8) is 0 Å². The number of rotatable bonds is 4. The van der Waals surface area contributed by atoms with Crippen LogP contribution in [0.15, 0.2) is 54.7 Å². The molecule has 1 atom stereocenters. The van der Waals surface area contributed by atoms with Gasteiger partial charge in [0.2, 0.25) is 0 Å². The highest BCUT2D eigenvalue weighted by molar-refractivity contribution is 5.23. The van der Waals surface area contributed by atoms with E-state index in [0.717, 1.165) is 18.5 Å². The summed E-state index contributed by atoms with van der Waals surface area (Å²) in [6, 6.07) is 16.2. The number of nitrogens with two attached hydrogens (primary N) is 1. The molecule has 1 aromatic carbocycles. The number of hydrogen-bond acceptors (Lipinski definition) is 2. The Kier molecular flexibility index (Phi) is 3.55. The molecular weight excluding hydrogens is 208 g/mol. The molecule has 1 aromatic heterocycles. The molecule has 2 heteroatoms. The largest absolute Gasteiger partial charge is 0.322 e. The minimum Gasteiger partial charge on any atom is -0.322 e. The first-order valence-corrected chi connectivity index (χ1v) is 5.93. The fourth-order valence-electron chi connectivity index (χ4n) is 1.90. The van der Waals surface area contributed by atoms with Crippen molar-refractivity contribution in [2.75, 3.05) is 0 Å². The quantitative estimate of drug-likeness (QED) is 0.870. The lowest BCUT2D eigenvalue weighted by molar-refractivity contribution is 0.450. The van der Waals surface area contributed by atoms with Gasteiger partial charge in [-0.2, -0.15) is 0 Å². The van der Waals surface area contributed by atoms with Gasteiger partial charge in [0.25, 0.3) is 0 Å². The van der Waals surface area contributed by atoms with Gasteiger partial charge in [-0.1, -0.05) is 36.4 Å². The maximum Gasteiger partial charge on any atom is 0.0404 e. The van der Waals surface area contributed by atoms with Gasteiger partial charge in [-0.3, -0.25) is 4.98 Å². The van der Waals surface area contributed by atoms with Crippen LogP contribution in [0.4, 0.5) is 0 Å². The van der Waals surface area contributed by atoms with E-state index < -0.39 is 0 Å². The normalized spacial score (nSPS) is 14.2. The minimum atomic E-state index is -0.293. The summed E-state index contributed by atoms with van der Waals surface area (Å²) in [6.07, 6.45) is 3.63. The third kappa shape index (κ3) is 3.14. The molecule has 0 saturated heterocycles. The highest BCUT2D eigenvalue weighted by Gasteiger charge is 2.20. The summed E-state index contributed by atoms with van der Waals surface area (Å²) < 4.78 is 0. The van der Waals surface area contributed by atoms with Gasteiger partial charge in [0.15, 0.2) is 0 Å². The van der Waals surface area contributed by atoms with Crippen molar-refractivity contribution in [3.05, 3.63) is 66.0 Å². The zero-order valence-electron chi connectivity index (χ0n) is 10.1. The third-order valence-corrected chi connectivity index (χ3v) is 3.06. The molecule has 1 heterocycles. The maximum atomic E-state index is 6.36. The monoisotopic (exact) mass is 226 g/mol. The van der Waals surface area contributed by atoms with Gasteiger partial charge in [0, 0.05) is 17.4 Å². The predicted molar refractivity (Wildman–Crippen MR) is 70.5 cm³/mol. The first-order chi connectivity index (χ1) is 8.18. The lowest BCUT2D eigenvalue weighted by Gasteiger charge is -2.25. The molecule has 0 radical (unpaired) electrons. The van der Waals surface area contributed by atoms with Crippen LogP contribution in [-0.4, -0.2) is 4.98 Å². The number of hydrogen-bond donors (Lipinski definition) is 1. The van der Waals surface area contributed by atoms with Crippen LogP contribution in [0.25, 0.3) is 0 Å². The molecule has 1 unspecified atom stereocenters. The van der Waals surface area contributed by atoms with Gasteiger partial charge in [-0.05, 0) is 37.5 Å². The molecular formula is C15H18N2. The van der Waals surface area contributed by atoms with Crippen molar-refractivity contribution in [1.82, 2.24) is 4.98 Å². The molecule has 2 N–H and O–H groups in total. The third-order valence-electron chi connectivity index (χ3n) is 3.06. The molecule has 0 amide bonds. The van der Waals surface area contributed by atoms with Crippen molar-refractivity contribution in [1.29, 1.82) is 0 Å². The predicted octanol–water partition coefficient (Wildman–Crippen LogP) is 2.89. The summed E-state index contributed by atoms with van der Waals surface area (Å²) in [5, 5.41) is 0. The molecule has 0 aliphatic carbocycles. The number of pyridine rings is 1. The topological polar surface area (TPSA) is 38.9 Å². The van der Waals surface area contributed by atoms with E-state index in [4.69, 9.17) is 5.73 Å². The molecule has 0 aliphatic heterocycles. The second-order valence-electron chi connectivity index (χ2n) is 4.60. The Bertz CT molecular complexity index is 449. The Hall–Kier alpha value is -1.67. The Morgan fingerprint density at radius 1 is 1.06 bits per heavy atom. The minimum absolute atomic E-state index is 0.293. The van der Waals surface area contributed by atoms with E-state index in [9.17, 15) is 0 Å². The second-order valence-corrected chi connectivity index (χ2v) is 4.60. The smallest absolute Gasteiger partial charge is 0.0404 e. The highest BCUT2D eigenvalue weighted by atomic mass is 14.7. The molecule has 0 fully saturated rings. The van der Waals surface area contributed by atoms with Crippen LogP contribution in [-0.2, 0) is 12.0 Å². The Morgan fingerprint density at radius 3 is 2.41 bits per heavy atom. The maximum absolute atomic E-state index is 6.36. The molecule has 88 valence electrons. The second kappa shape index (κ2) is 5.11. The molecule has 0 bridgehead atoms. The van der Waals surface area contributed by atoms with Crippen molar-refractivity contribution < 1.29 is 0 Å². The zero-order valence-corrected chi connectivity index (χ0v) is 10.1. The van der Waals surface area contributed by atoms with E-state index in [0.29, 0.717) is 0 Å². The van der Waals surface area contributed by atoms with Gasteiger partial charge in [-0.25, -0.2) is 0 Å². The molecule has 2 nitrogen and oxygen atoms in total. The van der Waals surface area contributed by atoms with Crippen LogP contribution in [0, 0.1) is 0 Å². The Labute approximate surface area is 103 Å². The summed E-state index contributed by atoms with van der Waals surface area (Å²) in [7, 11) is 0. The van der Waals surface area contributed by atoms with Crippen molar-refractivity contribution in [2.45, 2.75) is 25.3 Å². The molecule has 17 heavy (non-hydrogen) atoms. The van der Waals surface area contributed by atoms with Gasteiger partial charge >= 0.3 is 0 Å². The van der Waals surface area contributed by atoms with Gasteiger partial charge in [0.1, 0.15) is 0 Å². The Morgan fingerprint density at radius 2 is 1.76 bits per heavy atom. The van der Waals surface area contributed by atoms with Crippen LogP contribution in [0.5, 0.6) is 0 Å². The van der Waals surface area contributed by atoms with Crippen molar-refractivity contribution in [3.8, 4) is 0 Å². The van der Waals surface area contributed by atoms with Crippen molar-refractivity contribution >= 4 is 0 Å². The fraction of sp³-hybridized carbons (Fsp3) is 0.267. The average molecular weight is 226 g/mol. The standard InChI is InChI=1S/C15H18N2/c1-15(16,13-7-3-2-4-8-13)11-10-14-9-5-6-12-17-14/h2-9,12H,10-11,16H2,1H3. The number of nitrogens with zero attached hydrogens (tertiary/aromatic N) is 1. The van der Waals surface area contributed by atoms with Crippen LogP contribution < -0.4 is 5.73 Å². The molecule has 0 aliphatic rings. The van der Waals surface area contributed by atoms with Crippen molar-refractivity contribution in [2.24, 2.45) is 5.73 Å². The first kappa shape index (κ1) is 11.8. The van der Waals surface area contributed by atoms with Crippen LogP contribution in [0.1, 0.15) is 24.6 Å². The van der Waals surface area contributed by atoms with Crippen LogP contribution in [0.2, 0.25) is 0 Å². The highest BCUT2D eigenvalue weighted by Crippen LogP contribution is 2.22. The van der Waals surface area contributed by atoms with Crippen LogP contribution >= 0.6 is 0 Å². The van der Waals surface area contributed by atoms with E-state index >= 15 is 0 Å². The Balaban J connectivity index is 2.03.